The van der Waals surface area contributed by atoms with Gasteiger partial charge in [0, 0.05) is 18.6 Å². The molecule has 130 valence electrons. The van der Waals surface area contributed by atoms with E-state index < -0.39 is 0 Å². The van der Waals surface area contributed by atoms with Crippen molar-refractivity contribution in [3.63, 3.8) is 0 Å². The fourth-order valence-electron chi connectivity index (χ4n) is 2.91. The highest BCUT2D eigenvalue weighted by Gasteiger charge is 2.27. The molecule has 0 aromatic heterocycles. The molecule has 1 heteroatoms. The Morgan fingerprint density at radius 1 is 0.833 bits per heavy atom. The maximum Gasteiger partial charge on any atom is 0.0245 e. The number of aryl methyl sites for hydroxylation is 1. The van der Waals surface area contributed by atoms with Crippen LogP contribution in [-0.4, -0.2) is 10.4 Å². The third kappa shape index (κ3) is 5.79. The minimum Gasteiger partial charge on any atom is -0.290 e. The molecule has 2 aromatic carbocycles. The Morgan fingerprint density at radius 3 is 1.79 bits per heavy atom. The number of benzene rings is 2. The van der Waals surface area contributed by atoms with Gasteiger partial charge in [0.25, 0.3) is 0 Å². The van der Waals surface area contributed by atoms with Gasteiger partial charge in [-0.3, -0.25) is 4.90 Å². The predicted octanol–water partition coefficient (Wildman–Crippen LogP) is 6.08. The molecule has 1 nitrogen and oxygen atoms in total. The van der Waals surface area contributed by atoms with Crippen LogP contribution in [0.4, 0.5) is 0 Å². The Labute approximate surface area is 148 Å². The van der Waals surface area contributed by atoms with E-state index >= 15 is 0 Å². The molecule has 0 N–H and O–H groups in total. The zero-order chi connectivity index (χ0) is 17.6. The molecule has 0 amide bonds. The highest BCUT2D eigenvalue weighted by Crippen LogP contribution is 2.28. The Kier molecular flexibility index (Phi) is 6.62. The molecule has 1 aliphatic heterocycles. The number of fused-ring (bicyclic) bond motifs is 1. The molecule has 3 rings (SSSR count). The van der Waals surface area contributed by atoms with Gasteiger partial charge in [-0.15, -0.1) is 0 Å². The van der Waals surface area contributed by atoms with Crippen molar-refractivity contribution in [1.82, 2.24) is 4.90 Å². The molecule has 0 radical (unpaired) electrons. The van der Waals surface area contributed by atoms with Crippen LogP contribution in [0.25, 0.3) is 0 Å². The summed E-state index contributed by atoms with van der Waals surface area (Å²) in [6.45, 7) is 13.6. The predicted molar refractivity (Wildman–Crippen MR) is 105 cm³/mol. The molecule has 0 atom stereocenters. The van der Waals surface area contributed by atoms with Crippen LogP contribution >= 0.6 is 0 Å². The molecule has 24 heavy (non-hydrogen) atoms. The largest absolute Gasteiger partial charge is 0.290 e. The second kappa shape index (κ2) is 8.48. The van der Waals surface area contributed by atoms with Crippen LogP contribution in [0.5, 0.6) is 0 Å². The van der Waals surface area contributed by atoms with Crippen molar-refractivity contribution in [3.05, 3.63) is 71.3 Å². The van der Waals surface area contributed by atoms with Crippen LogP contribution in [-0.2, 0) is 19.5 Å². The maximum atomic E-state index is 2.51. The minimum atomic E-state index is 0.291. The first kappa shape index (κ1) is 18.7. The molecule has 0 aliphatic carbocycles. The lowest BCUT2D eigenvalue weighted by molar-refractivity contribution is 0.136. The Balaban J connectivity index is 0.000000177. The summed E-state index contributed by atoms with van der Waals surface area (Å²) in [5.41, 5.74) is 4.75. The number of rotatable bonds is 3. The summed E-state index contributed by atoms with van der Waals surface area (Å²) in [5, 5.41) is 0. The van der Waals surface area contributed by atoms with E-state index in [2.05, 4.69) is 94.1 Å². The summed E-state index contributed by atoms with van der Waals surface area (Å²) in [7, 11) is 0. The van der Waals surface area contributed by atoms with Crippen molar-refractivity contribution < 1.29 is 0 Å². The quantitative estimate of drug-likeness (QED) is 0.662. The third-order valence-corrected chi connectivity index (χ3v) is 4.64. The van der Waals surface area contributed by atoms with Gasteiger partial charge in [0.15, 0.2) is 0 Å². The average molecular weight is 324 g/mol. The third-order valence-electron chi connectivity index (χ3n) is 4.64. The Morgan fingerprint density at radius 2 is 1.33 bits per heavy atom. The normalized spacial score (nSPS) is 14.2. The molecule has 2 aromatic rings. The lowest BCUT2D eigenvalue weighted by atomic mass is 10.0. The van der Waals surface area contributed by atoms with Crippen LogP contribution in [0.2, 0.25) is 0 Å². The van der Waals surface area contributed by atoms with E-state index in [1.165, 1.54) is 29.5 Å². The molecule has 1 aliphatic rings. The van der Waals surface area contributed by atoms with Gasteiger partial charge in [-0.05, 0) is 56.2 Å². The van der Waals surface area contributed by atoms with E-state index in [1.54, 1.807) is 0 Å². The SMILES string of the molecule is CC(C)(C)N1Cc2ccccc2C1.CC(C)CCc1ccccc1. The summed E-state index contributed by atoms with van der Waals surface area (Å²) in [6.07, 6.45) is 2.52. The molecule has 1 heterocycles. The molecule has 0 spiro atoms. The van der Waals surface area contributed by atoms with Gasteiger partial charge < -0.3 is 0 Å². The Hall–Kier alpha value is -1.60. The van der Waals surface area contributed by atoms with Gasteiger partial charge in [-0.1, -0.05) is 68.4 Å². The van der Waals surface area contributed by atoms with Crippen LogP contribution < -0.4 is 0 Å². The molecule has 0 fully saturated rings. The molecular formula is C23H33N. The summed E-state index contributed by atoms with van der Waals surface area (Å²) in [5.74, 6) is 0.815. The van der Waals surface area contributed by atoms with Gasteiger partial charge in [-0.2, -0.15) is 0 Å². The second-order valence-electron chi connectivity index (χ2n) is 8.21. The highest BCUT2D eigenvalue weighted by molar-refractivity contribution is 5.30. The monoisotopic (exact) mass is 323 g/mol. The lowest BCUT2D eigenvalue weighted by Gasteiger charge is -2.31. The van der Waals surface area contributed by atoms with Gasteiger partial charge in [0.05, 0.1) is 0 Å². The van der Waals surface area contributed by atoms with Crippen LogP contribution in [0.3, 0.4) is 0 Å². The fourth-order valence-corrected chi connectivity index (χ4v) is 2.91. The fraction of sp³-hybridized carbons (Fsp3) is 0.478. The van der Waals surface area contributed by atoms with E-state index in [0.29, 0.717) is 5.54 Å². The van der Waals surface area contributed by atoms with Gasteiger partial charge in [-0.25, -0.2) is 0 Å². The van der Waals surface area contributed by atoms with Crippen molar-refractivity contribution in [2.45, 2.75) is 66.1 Å². The lowest BCUT2D eigenvalue weighted by Crippen LogP contribution is -2.36. The van der Waals surface area contributed by atoms with E-state index in [4.69, 9.17) is 0 Å². The number of nitrogens with zero attached hydrogens (tertiary/aromatic N) is 1. The van der Waals surface area contributed by atoms with E-state index in [1.807, 2.05) is 0 Å². The number of hydrogen-bond donors (Lipinski definition) is 0. The van der Waals surface area contributed by atoms with E-state index in [0.717, 1.165) is 19.0 Å². The van der Waals surface area contributed by atoms with E-state index in [-0.39, 0.29) is 0 Å². The van der Waals surface area contributed by atoms with Gasteiger partial charge >= 0.3 is 0 Å². The number of hydrogen-bond acceptors (Lipinski definition) is 1. The molecule has 0 bridgehead atoms. The minimum absolute atomic E-state index is 0.291. The summed E-state index contributed by atoms with van der Waals surface area (Å²) in [4.78, 5) is 2.51. The molecule has 0 saturated heterocycles. The van der Waals surface area contributed by atoms with Crippen molar-refractivity contribution in [3.8, 4) is 0 Å². The second-order valence-corrected chi connectivity index (χ2v) is 8.21. The summed E-state index contributed by atoms with van der Waals surface area (Å²) < 4.78 is 0. The Bertz CT molecular complexity index is 582. The smallest absolute Gasteiger partial charge is 0.0245 e. The van der Waals surface area contributed by atoms with E-state index in [9.17, 15) is 0 Å². The first-order chi connectivity index (χ1) is 11.4. The van der Waals surface area contributed by atoms with Crippen LogP contribution in [0, 0.1) is 5.92 Å². The molecule has 0 saturated carbocycles. The topological polar surface area (TPSA) is 3.24 Å². The van der Waals surface area contributed by atoms with Crippen molar-refractivity contribution >= 4 is 0 Å². The van der Waals surface area contributed by atoms with Crippen LogP contribution in [0.1, 0.15) is 57.7 Å². The maximum absolute atomic E-state index is 2.51. The van der Waals surface area contributed by atoms with Crippen molar-refractivity contribution in [2.75, 3.05) is 0 Å². The van der Waals surface area contributed by atoms with Crippen molar-refractivity contribution in [1.29, 1.82) is 0 Å². The first-order valence-corrected chi connectivity index (χ1v) is 9.22. The molecule has 0 unspecified atom stereocenters. The summed E-state index contributed by atoms with van der Waals surface area (Å²) in [6, 6.07) is 19.4. The zero-order valence-electron chi connectivity index (χ0n) is 16.0. The summed E-state index contributed by atoms with van der Waals surface area (Å²) >= 11 is 0. The first-order valence-electron chi connectivity index (χ1n) is 9.22. The standard InChI is InChI=1S/C12H17N.C11H16/c1-12(2,3)13-8-10-6-4-5-7-11(10)9-13;1-10(2)8-9-11-6-4-3-5-7-11/h4-7H,8-9H2,1-3H3;3-7,10H,8-9H2,1-2H3. The highest BCUT2D eigenvalue weighted by atomic mass is 15.2. The average Bonchev–Trinajstić information content (AvgIpc) is 2.99. The van der Waals surface area contributed by atoms with Crippen molar-refractivity contribution in [2.24, 2.45) is 5.92 Å². The molecular weight excluding hydrogens is 290 g/mol. The van der Waals surface area contributed by atoms with Gasteiger partial charge in [0.1, 0.15) is 0 Å². The zero-order valence-corrected chi connectivity index (χ0v) is 16.0. The van der Waals surface area contributed by atoms with Gasteiger partial charge in [0.2, 0.25) is 0 Å². The van der Waals surface area contributed by atoms with Crippen LogP contribution in [0.15, 0.2) is 54.6 Å².